The van der Waals surface area contributed by atoms with Gasteiger partial charge in [0.25, 0.3) is 0 Å². The Bertz CT molecular complexity index is 220. The van der Waals surface area contributed by atoms with Gasteiger partial charge in [-0.15, -0.1) is 0 Å². The summed E-state index contributed by atoms with van der Waals surface area (Å²) < 4.78 is 0. The third kappa shape index (κ3) is 3.94. The molecule has 1 heterocycles. The lowest BCUT2D eigenvalue weighted by Crippen LogP contribution is -2.49. The molecule has 3 heteroatoms. The third-order valence-corrected chi connectivity index (χ3v) is 4.50. The highest BCUT2D eigenvalue weighted by molar-refractivity contribution is 4.85. The summed E-state index contributed by atoms with van der Waals surface area (Å²) >= 11 is 0. The number of likely N-dealkylation sites (N-methyl/N-ethyl adjacent to an activating group) is 1. The molecule has 1 saturated heterocycles. The first-order valence-corrected chi connectivity index (χ1v) is 7.45. The zero-order valence-electron chi connectivity index (χ0n) is 11.4. The quantitative estimate of drug-likeness (QED) is 0.755. The van der Waals surface area contributed by atoms with Crippen LogP contribution in [0.2, 0.25) is 0 Å². The highest BCUT2D eigenvalue weighted by Crippen LogP contribution is 2.21. The fourth-order valence-electron chi connectivity index (χ4n) is 3.35. The van der Waals surface area contributed by atoms with Gasteiger partial charge in [-0.1, -0.05) is 25.7 Å². The van der Waals surface area contributed by atoms with Gasteiger partial charge in [-0.25, -0.2) is 0 Å². The first kappa shape index (κ1) is 13.3. The number of rotatable bonds is 1. The molecule has 1 aliphatic carbocycles. The summed E-state index contributed by atoms with van der Waals surface area (Å²) in [5, 5.41) is 0. The first-order chi connectivity index (χ1) is 8.27. The van der Waals surface area contributed by atoms with E-state index in [9.17, 15) is 0 Å². The second kappa shape index (κ2) is 6.72. The van der Waals surface area contributed by atoms with Crippen LogP contribution in [0.25, 0.3) is 0 Å². The highest BCUT2D eigenvalue weighted by atomic mass is 15.2. The molecule has 1 aliphatic heterocycles. The van der Waals surface area contributed by atoms with E-state index in [1.54, 1.807) is 0 Å². The van der Waals surface area contributed by atoms with Crippen LogP contribution in [0.4, 0.5) is 0 Å². The molecule has 2 rings (SSSR count). The maximum Gasteiger partial charge on any atom is 0.0247 e. The number of hydrogen-bond donors (Lipinski definition) is 1. The van der Waals surface area contributed by atoms with Crippen LogP contribution in [0.1, 0.15) is 44.9 Å². The molecule has 0 bridgehead atoms. The number of nitrogens with zero attached hydrogens (tertiary/aromatic N) is 2. The average Bonchev–Trinajstić information content (AvgIpc) is 2.50. The molecule has 0 aromatic heterocycles. The second-order valence-electron chi connectivity index (χ2n) is 5.92. The van der Waals surface area contributed by atoms with Crippen molar-refractivity contribution < 1.29 is 0 Å². The second-order valence-corrected chi connectivity index (χ2v) is 5.92. The van der Waals surface area contributed by atoms with Crippen molar-refractivity contribution in [1.29, 1.82) is 0 Å². The van der Waals surface area contributed by atoms with Crippen molar-refractivity contribution in [1.82, 2.24) is 9.80 Å². The van der Waals surface area contributed by atoms with Crippen molar-refractivity contribution in [2.24, 2.45) is 5.73 Å². The minimum atomic E-state index is 0.415. The van der Waals surface area contributed by atoms with Crippen LogP contribution >= 0.6 is 0 Å². The van der Waals surface area contributed by atoms with Crippen LogP contribution in [0.15, 0.2) is 0 Å². The number of hydrogen-bond acceptors (Lipinski definition) is 3. The summed E-state index contributed by atoms with van der Waals surface area (Å²) in [7, 11) is 2.24. The van der Waals surface area contributed by atoms with E-state index < -0.39 is 0 Å². The lowest BCUT2D eigenvalue weighted by Gasteiger charge is -2.36. The van der Waals surface area contributed by atoms with Gasteiger partial charge in [-0.2, -0.15) is 0 Å². The van der Waals surface area contributed by atoms with Gasteiger partial charge in [0.05, 0.1) is 0 Å². The molecule has 2 fully saturated rings. The fraction of sp³-hybridized carbons (Fsp3) is 1.00. The van der Waals surface area contributed by atoms with E-state index in [2.05, 4.69) is 16.8 Å². The smallest absolute Gasteiger partial charge is 0.0247 e. The van der Waals surface area contributed by atoms with Crippen LogP contribution in [0, 0.1) is 0 Å². The molecular weight excluding hydrogens is 210 g/mol. The minimum Gasteiger partial charge on any atom is -0.326 e. The molecule has 0 amide bonds. The molecule has 0 spiro atoms. The maximum atomic E-state index is 6.41. The topological polar surface area (TPSA) is 32.5 Å². The van der Waals surface area contributed by atoms with E-state index in [0.29, 0.717) is 12.1 Å². The summed E-state index contributed by atoms with van der Waals surface area (Å²) in [5.41, 5.74) is 6.41. The summed E-state index contributed by atoms with van der Waals surface area (Å²) in [6.45, 7) is 4.93. The fourth-order valence-corrected chi connectivity index (χ4v) is 3.35. The van der Waals surface area contributed by atoms with E-state index in [1.165, 1.54) is 71.1 Å². The van der Waals surface area contributed by atoms with Crippen molar-refractivity contribution in [3.05, 3.63) is 0 Å². The zero-order valence-corrected chi connectivity index (χ0v) is 11.4. The predicted molar refractivity (Wildman–Crippen MR) is 73.2 cm³/mol. The van der Waals surface area contributed by atoms with E-state index in [4.69, 9.17) is 5.73 Å². The molecule has 100 valence electrons. The highest BCUT2D eigenvalue weighted by Gasteiger charge is 2.26. The predicted octanol–water partition coefficient (Wildman–Crippen LogP) is 1.67. The maximum absolute atomic E-state index is 6.41. The van der Waals surface area contributed by atoms with Gasteiger partial charge in [0.15, 0.2) is 0 Å². The van der Waals surface area contributed by atoms with Crippen LogP contribution in [0.3, 0.4) is 0 Å². The van der Waals surface area contributed by atoms with E-state index in [1.807, 2.05) is 0 Å². The molecule has 1 saturated carbocycles. The zero-order chi connectivity index (χ0) is 12.1. The Labute approximate surface area is 106 Å². The van der Waals surface area contributed by atoms with Crippen molar-refractivity contribution in [2.75, 3.05) is 33.2 Å². The first-order valence-electron chi connectivity index (χ1n) is 7.45. The Morgan fingerprint density at radius 3 is 2.41 bits per heavy atom. The Hall–Kier alpha value is -0.120. The van der Waals surface area contributed by atoms with Crippen molar-refractivity contribution in [3.8, 4) is 0 Å². The molecule has 3 nitrogen and oxygen atoms in total. The summed E-state index contributed by atoms with van der Waals surface area (Å²) in [6.07, 6.45) is 9.39. The summed E-state index contributed by atoms with van der Waals surface area (Å²) in [6, 6.07) is 1.07. The molecule has 0 aromatic carbocycles. The molecule has 2 unspecified atom stereocenters. The summed E-state index contributed by atoms with van der Waals surface area (Å²) in [5.74, 6) is 0. The third-order valence-electron chi connectivity index (χ3n) is 4.50. The van der Waals surface area contributed by atoms with Crippen molar-refractivity contribution >= 4 is 0 Å². The minimum absolute atomic E-state index is 0.415. The van der Waals surface area contributed by atoms with Crippen molar-refractivity contribution in [2.45, 2.75) is 57.0 Å². The Balaban J connectivity index is 1.92. The molecule has 2 aliphatic rings. The Morgan fingerprint density at radius 1 is 0.824 bits per heavy atom. The largest absolute Gasteiger partial charge is 0.326 e. The van der Waals surface area contributed by atoms with Gasteiger partial charge >= 0.3 is 0 Å². The number of nitrogens with two attached hydrogens (primary N) is 1. The average molecular weight is 239 g/mol. The standard InChI is InChI=1S/C14H29N3/c1-16-9-6-10-17(12-11-16)14-8-5-3-2-4-7-13(14)15/h13-14H,2-12,15H2,1H3. The Kier molecular flexibility index (Phi) is 5.26. The SMILES string of the molecule is CN1CCCN(C2CCCCCCC2N)CC1. The monoisotopic (exact) mass is 239 g/mol. The van der Waals surface area contributed by atoms with Crippen LogP contribution < -0.4 is 5.73 Å². The van der Waals surface area contributed by atoms with Crippen LogP contribution in [-0.4, -0.2) is 55.1 Å². The lowest BCUT2D eigenvalue weighted by molar-refractivity contribution is 0.153. The van der Waals surface area contributed by atoms with Gasteiger partial charge in [0.1, 0.15) is 0 Å². The normalized spacial score (nSPS) is 34.9. The van der Waals surface area contributed by atoms with Crippen LogP contribution in [0.5, 0.6) is 0 Å². The van der Waals surface area contributed by atoms with Crippen LogP contribution in [-0.2, 0) is 0 Å². The summed E-state index contributed by atoms with van der Waals surface area (Å²) in [4.78, 5) is 5.13. The van der Waals surface area contributed by atoms with Gasteiger partial charge < -0.3 is 10.6 Å². The van der Waals surface area contributed by atoms with E-state index in [0.717, 1.165) is 0 Å². The molecular formula is C14H29N3. The molecule has 2 N–H and O–H groups in total. The van der Waals surface area contributed by atoms with Gasteiger partial charge in [0.2, 0.25) is 0 Å². The molecule has 17 heavy (non-hydrogen) atoms. The van der Waals surface area contributed by atoms with Gasteiger partial charge in [0, 0.05) is 25.2 Å². The van der Waals surface area contributed by atoms with Gasteiger partial charge in [-0.3, -0.25) is 4.90 Å². The lowest BCUT2D eigenvalue weighted by atomic mass is 9.91. The Morgan fingerprint density at radius 2 is 1.59 bits per heavy atom. The van der Waals surface area contributed by atoms with E-state index in [-0.39, 0.29) is 0 Å². The van der Waals surface area contributed by atoms with E-state index >= 15 is 0 Å². The molecule has 2 atom stereocenters. The van der Waals surface area contributed by atoms with Gasteiger partial charge in [-0.05, 0) is 39.4 Å². The molecule has 0 aromatic rings. The van der Waals surface area contributed by atoms with Crippen molar-refractivity contribution in [3.63, 3.8) is 0 Å². The molecule has 0 radical (unpaired) electrons.